The first-order valence-corrected chi connectivity index (χ1v) is 13.5. The van der Waals surface area contributed by atoms with Gasteiger partial charge in [0.15, 0.2) is 0 Å². The monoisotopic (exact) mass is 530 g/mol. The lowest BCUT2D eigenvalue weighted by Gasteiger charge is -2.25. The van der Waals surface area contributed by atoms with Crippen molar-refractivity contribution in [2.45, 2.75) is 25.3 Å². The number of hydrogen-bond acceptors (Lipinski definition) is 5. The third-order valence-corrected chi connectivity index (χ3v) is 7.65. The molecule has 4 aromatic carbocycles. The summed E-state index contributed by atoms with van der Waals surface area (Å²) < 4.78 is 39.9. The van der Waals surface area contributed by atoms with Crippen LogP contribution in [-0.2, 0) is 21.4 Å². The molecule has 196 valence electrons. The van der Waals surface area contributed by atoms with Gasteiger partial charge in [0.1, 0.15) is 29.5 Å². The van der Waals surface area contributed by atoms with Crippen molar-refractivity contribution in [3.8, 4) is 11.5 Å². The van der Waals surface area contributed by atoms with Gasteiger partial charge in [0.25, 0.3) is 10.0 Å². The number of aryl methyl sites for hydroxylation is 2. The fourth-order valence-electron chi connectivity index (χ4n) is 3.91. The maximum absolute atomic E-state index is 13.8. The Kier molecular flexibility index (Phi) is 8.33. The highest BCUT2D eigenvalue weighted by molar-refractivity contribution is 7.93. The second-order valence-corrected chi connectivity index (χ2v) is 10.7. The smallest absolute Gasteiger partial charge is 0.268 e. The van der Waals surface area contributed by atoms with Crippen LogP contribution in [-0.4, -0.2) is 28.0 Å². The number of hydrogen-bond donors (Lipinski definition) is 1. The quantitative estimate of drug-likeness (QED) is 0.283. The highest BCUT2D eigenvalue weighted by Gasteiger charge is 2.30. The Balaban J connectivity index is 1.53. The molecule has 0 aliphatic heterocycles. The number of methoxy groups -OCH3 is 1. The first kappa shape index (κ1) is 26.8. The molecule has 1 amide bonds. The average Bonchev–Trinajstić information content (AvgIpc) is 2.92. The molecule has 0 aliphatic carbocycles. The van der Waals surface area contributed by atoms with E-state index in [-0.39, 0.29) is 10.6 Å². The zero-order valence-corrected chi connectivity index (χ0v) is 22.4. The highest BCUT2D eigenvalue weighted by atomic mass is 32.2. The van der Waals surface area contributed by atoms with Gasteiger partial charge in [-0.3, -0.25) is 9.10 Å². The summed E-state index contributed by atoms with van der Waals surface area (Å²) in [5.41, 5.74) is 3.58. The van der Waals surface area contributed by atoms with Gasteiger partial charge in [0, 0.05) is 5.69 Å². The van der Waals surface area contributed by atoms with Crippen molar-refractivity contribution in [3.05, 3.63) is 114 Å². The minimum absolute atomic E-state index is 0.00535. The summed E-state index contributed by atoms with van der Waals surface area (Å²) in [6.45, 7) is 3.67. The molecule has 0 spiro atoms. The summed E-state index contributed by atoms with van der Waals surface area (Å²) in [4.78, 5) is 13.1. The molecule has 0 saturated heterocycles. The van der Waals surface area contributed by atoms with Crippen LogP contribution in [0.2, 0.25) is 0 Å². The van der Waals surface area contributed by atoms with Crippen molar-refractivity contribution in [2.75, 3.05) is 23.3 Å². The summed E-state index contributed by atoms with van der Waals surface area (Å²) in [5, 5.41) is 2.79. The number of nitrogens with zero attached hydrogens (tertiary/aromatic N) is 1. The molecular weight excluding hydrogens is 500 g/mol. The molecule has 0 fully saturated rings. The van der Waals surface area contributed by atoms with Gasteiger partial charge in [0.2, 0.25) is 5.91 Å². The number of sulfonamides is 1. The van der Waals surface area contributed by atoms with Crippen molar-refractivity contribution < 1.29 is 22.7 Å². The molecule has 4 aromatic rings. The Hall–Kier alpha value is -4.30. The van der Waals surface area contributed by atoms with E-state index in [4.69, 9.17) is 9.47 Å². The molecule has 0 radical (unpaired) electrons. The predicted octanol–water partition coefficient (Wildman–Crippen LogP) is 5.73. The second-order valence-electron chi connectivity index (χ2n) is 8.85. The Morgan fingerprint density at radius 3 is 2.24 bits per heavy atom. The van der Waals surface area contributed by atoms with Crippen LogP contribution >= 0.6 is 0 Å². The van der Waals surface area contributed by atoms with Gasteiger partial charge in [-0.15, -0.1) is 0 Å². The summed E-state index contributed by atoms with van der Waals surface area (Å²) in [6.07, 6.45) is 0. The molecule has 0 unspecified atom stereocenters. The van der Waals surface area contributed by atoms with Crippen LogP contribution in [0.15, 0.2) is 102 Å². The Morgan fingerprint density at radius 2 is 1.55 bits per heavy atom. The van der Waals surface area contributed by atoms with Crippen LogP contribution in [0.3, 0.4) is 0 Å². The van der Waals surface area contributed by atoms with Gasteiger partial charge >= 0.3 is 0 Å². The summed E-state index contributed by atoms with van der Waals surface area (Å²) in [7, 11) is -2.72. The van der Waals surface area contributed by atoms with Gasteiger partial charge < -0.3 is 14.8 Å². The summed E-state index contributed by atoms with van der Waals surface area (Å²) in [5.74, 6) is 0.377. The summed E-state index contributed by atoms with van der Waals surface area (Å²) >= 11 is 0. The lowest BCUT2D eigenvalue weighted by molar-refractivity contribution is -0.114. The number of nitrogens with one attached hydrogen (secondary N) is 1. The molecule has 0 heterocycles. The average molecular weight is 531 g/mol. The zero-order chi connectivity index (χ0) is 27.1. The Bertz CT molecular complexity index is 1500. The number of rotatable bonds is 10. The van der Waals surface area contributed by atoms with Gasteiger partial charge in [0.05, 0.1) is 12.8 Å². The van der Waals surface area contributed by atoms with Crippen LogP contribution in [0.5, 0.6) is 11.5 Å². The van der Waals surface area contributed by atoms with Crippen LogP contribution in [0.25, 0.3) is 0 Å². The molecule has 0 aliphatic rings. The van der Waals surface area contributed by atoms with E-state index >= 15 is 0 Å². The number of ether oxygens (including phenoxy) is 2. The molecule has 0 bridgehead atoms. The fourth-order valence-corrected chi connectivity index (χ4v) is 5.56. The summed E-state index contributed by atoms with van der Waals surface area (Å²) in [6, 6.07) is 28.7. The van der Waals surface area contributed by atoms with E-state index in [1.54, 1.807) is 67.6 Å². The van der Waals surface area contributed by atoms with Crippen LogP contribution < -0.4 is 19.1 Å². The molecule has 8 heteroatoms. The maximum Gasteiger partial charge on any atom is 0.268 e. The third-order valence-electron chi connectivity index (χ3n) is 5.85. The minimum Gasteiger partial charge on any atom is -0.495 e. The number of benzene rings is 4. The fraction of sp³-hybridized carbons (Fsp3) is 0.167. The minimum atomic E-state index is -4.14. The molecule has 7 nitrogen and oxygen atoms in total. The molecule has 1 N–H and O–H groups in total. The maximum atomic E-state index is 13.8. The molecule has 4 rings (SSSR count). The molecule has 0 aromatic heterocycles. The largest absolute Gasteiger partial charge is 0.495 e. The Morgan fingerprint density at radius 1 is 0.842 bits per heavy atom. The Labute approximate surface area is 223 Å². The highest BCUT2D eigenvalue weighted by Crippen LogP contribution is 2.31. The first-order chi connectivity index (χ1) is 18.3. The van der Waals surface area contributed by atoms with Gasteiger partial charge in [-0.2, -0.15) is 0 Å². The van der Waals surface area contributed by atoms with Crippen molar-refractivity contribution in [1.82, 2.24) is 0 Å². The van der Waals surface area contributed by atoms with E-state index in [1.165, 1.54) is 7.11 Å². The standard InChI is InChI=1S/C30H30N2O5S/c1-22-8-7-11-26(18-22)32(38(34,35)29-19-23(2)12-17-28(29)36-3)20-30(33)31-25-13-15-27(16-14-25)37-21-24-9-5-4-6-10-24/h4-19H,20-21H2,1-3H3,(H,31,33). The van der Waals surface area contributed by atoms with E-state index < -0.39 is 22.5 Å². The topological polar surface area (TPSA) is 84.9 Å². The van der Waals surface area contributed by atoms with Crippen molar-refractivity contribution in [2.24, 2.45) is 0 Å². The van der Waals surface area contributed by atoms with Gasteiger partial charge in [-0.05, 0) is 79.1 Å². The van der Waals surface area contributed by atoms with E-state index in [0.717, 1.165) is 21.0 Å². The number of amides is 1. The third kappa shape index (κ3) is 6.52. The predicted molar refractivity (Wildman–Crippen MR) is 149 cm³/mol. The number of carbonyl (C=O) groups is 1. The normalized spacial score (nSPS) is 11.0. The number of carbonyl (C=O) groups excluding carboxylic acids is 1. The van der Waals surface area contributed by atoms with E-state index in [1.807, 2.05) is 43.3 Å². The first-order valence-electron chi connectivity index (χ1n) is 12.1. The van der Waals surface area contributed by atoms with E-state index in [2.05, 4.69) is 5.32 Å². The molecule has 0 atom stereocenters. The van der Waals surface area contributed by atoms with E-state index in [9.17, 15) is 13.2 Å². The SMILES string of the molecule is COc1ccc(C)cc1S(=O)(=O)N(CC(=O)Nc1ccc(OCc2ccccc2)cc1)c1cccc(C)c1. The lowest BCUT2D eigenvalue weighted by atomic mass is 10.2. The van der Waals surface area contributed by atoms with Crippen LogP contribution in [0, 0.1) is 13.8 Å². The van der Waals surface area contributed by atoms with Crippen molar-refractivity contribution in [3.63, 3.8) is 0 Å². The van der Waals surface area contributed by atoms with Crippen LogP contribution in [0.4, 0.5) is 11.4 Å². The van der Waals surface area contributed by atoms with E-state index in [0.29, 0.717) is 23.7 Å². The van der Waals surface area contributed by atoms with Gasteiger partial charge in [-0.1, -0.05) is 48.5 Å². The number of anilines is 2. The van der Waals surface area contributed by atoms with Crippen molar-refractivity contribution in [1.29, 1.82) is 0 Å². The van der Waals surface area contributed by atoms with Crippen LogP contribution in [0.1, 0.15) is 16.7 Å². The molecule has 0 saturated carbocycles. The second kappa shape index (κ2) is 11.8. The molecule has 38 heavy (non-hydrogen) atoms. The zero-order valence-electron chi connectivity index (χ0n) is 21.5. The molecular formula is C30H30N2O5S. The van der Waals surface area contributed by atoms with Crippen molar-refractivity contribution >= 4 is 27.3 Å². The van der Waals surface area contributed by atoms with Gasteiger partial charge in [-0.25, -0.2) is 8.42 Å². The lowest BCUT2D eigenvalue weighted by Crippen LogP contribution is -2.38.